The molecule has 28 heavy (non-hydrogen) atoms. The molecule has 4 rings (SSSR count). The molecule has 7 nitrogen and oxygen atoms in total. The summed E-state index contributed by atoms with van der Waals surface area (Å²) in [6.07, 6.45) is 0.222. The number of rotatable bonds is 5. The predicted molar refractivity (Wildman–Crippen MR) is 98.9 cm³/mol. The molecule has 1 amide bonds. The number of methoxy groups -OCH3 is 2. The Morgan fingerprint density at radius 2 is 1.89 bits per heavy atom. The van der Waals surface area contributed by atoms with Crippen molar-refractivity contribution in [2.45, 2.75) is 12.3 Å². The number of halogens is 1. The van der Waals surface area contributed by atoms with Crippen LogP contribution < -0.4 is 14.4 Å². The highest BCUT2D eigenvalue weighted by Crippen LogP contribution is 2.33. The van der Waals surface area contributed by atoms with E-state index in [4.69, 9.17) is 14.0 Å². The second-order valence-corrected chi connectivity index (χ2v) is 6.44. The number of amides is 1. The van der Waals surface area contributed by atoms with Crippen molar-refractivity contribution in [2.75, 3.05) is 25.7 Å². The number of hydrogen-bond donors (Lipinski definition) is 0. The molecule has 144 valence electrons. The van der Waals surface area contributed by atoms with Crippen molar-refractivity contribution < 1.29 is 23.2 Å². The van der Waals surface area contributed by atoms with Crippen molar-refractivity contribution in [1.82, 2.24) is 10.1 Å². The van der Waals surface area contributed by atoms with Crippen LogP contribution in [0.3, 0.4) is 0 Å². The summed E-state index contributed by atoms with van der Waals surface area (Å²) in [4.78, 5) is 18.4. The quantitative estimate of drug-likeness (QED) is 0.672. The molecule has 2 aromatic carbocycles. The Morgan fingerprint density at radius 3 is 2.57 bits per heavy atom. The number of anilines is 1. The van der Waals surface area contributed by atoms with E-state index in [1.807, 2.05) is 0 Å². The van der Waals surface area contributed by atoms with Crippen molar-refractivity contribution in [3.63, 3.8) is 0 Å². The van der Waals surface area contributed by atoms with Crippen LogP contribution >= 0.6 is 0 Å². The van der Waals surface area contributed by atoms with Crippen molar-refractivity contribution >= 4 is 11.6 Å². The zero-order valence-corrected chi connectivity index (χ0v) is 15.4. The van der Waals surface area contributed by atoms with Gasteiger partial charge in [0.05, 0.1) is 20.1 Å². The summed E-state index contributed by atoms with van der Waals surface area (Å²) in [5.41, 5.74) is 1.20. The SMILES string of the molecule is COc1cc(OC)cc(-c2noc(C3CC(=O)N(c4cccc(F)c4)C3)n2)c1. The van der Waals surface area contributed by atoms with E-state index in [0.29, 0.717) is 41.0 Å². The van der Waals surface area contributed by atoms with E-state index >= 15 is 0 Å². The molecule has 0 radical (unpaired) electrons. The molecule has 1 unspecified atom stereocenters. The van der Waals surface area contributed by atoms with Crippen LogP contribution in [0.15, 0.2) is 47.0 Å². The molecular formula is C20H18FN3O4. The maximum atomic E-state index is 13.5. The first-order valence-corrected chi connectivity index (χ1v) is 8.70. The Bertz CT molecular complexity index is 998. The third-order valence-electron chi connectivity index (χ3n) is 4.65. The minimum Gasteiger partial charge on any atom is -0.497 e. The number of aromatic nitrogens is 2. The van der Waals surface area contributed by atoms with Gasteiger partial charge in [0.25, 0.3) is 0 Å². The van der Waals surface area contributed by atoms with Gasteiger partial charge in [-0.1, -0.05) is 11.2 Å². The Labute approximate surface area is 160 Å². The second-order valence-electron chi connectivity index (χ2n) is 6.44. The van der Waals surface area contributed by atoms with E-state index in [2.05, 4.69) is 10.1 Å². The average molecular weight is 383 g/mol. The molecule has 1 fully saturated rings. The zero-order valence-electron chi connectivity index (χ0n) is 15.4. The molecule has 1 saturated heterocycles. The molecule has 1 aliphatic heterocycles. The number of nitrogens with zero attached hydrogens (tertiary/aromatic N) is 3. The van der Waals surface area contributed by atoms with Gasteiger partial charge in [-0.25, -0.2) is 4.39 Å². The van der Waals surface area contributed by atoms with Gasteiger partial charge in [-0.3, -0.25) is 4.79 Å². The molecule has 3 aromatic rings. The average Bonchev–Trinajstić information content (AvgIpc) is 3.34. The first-order chi connectivity index (χ1) is 13.6. The molecule has 0 N–H and O–H groups in total. The molecule has 8 heteroatoms. The summed E-state index contributed by atoms with van der Waals surface area (Å²) in [5, 5.41) is 4.03. The minimum absolute atomic E-state index is 0.113. The van der Waals surface area contributed by atoms with Crippen LogP contribution in [0, 0.1) is 5.82 Å². The molecule has 0 saturated carbocycles. The summed E-state index contributed by atoms with van der Waals surface area (Å²) in [5.74, 6) is 1.19. The smallest absolute Gasteiger partial charge is 0.232 e. The van der Waals surface area contributed by atoms with Crippen LogP contribution in [0.4, 0.5) is 10.1 Å². The number of benzene rings is 2. The first kappa shape index (κ1) is 18.0. The van der Waals surface area contributed by atoms with E-state index < -0.39 is 0 Å². The fourth-order valence-corrected chi connectivity index (χ4v) is 3.22. The highest BCUT2D eigenvalue weighted by molar-refractivity contribution is 5.96. The molecule has 0 bridgehead atoms. The highest BCUT2D eigenvalue weighted by Gasteiger charge is 2.35. The lowest BCUT2D eigenvalue weighted by Crippen LogP contribution is -2.24. The van der Waals surface area contributed by atoms with Gasteiger partial charge in [0.2, 0.25) is 17.6 Å². The van der Waals surface area contributed by atoms with Gasteiger partial charge in [-0.15, -0.1) is 0 Å². The lowest BCUT2D eigenvalue weighted by Gasteiger charge is -2.15. The third-order valence-corrected chi connectivity index (χ3v) is 4.65. The van der Waals surface area contributed by atoms with Crippen molar-refractivity contribution in [3.05, 3.63) is 54.2 Å². The van der Waals surface area contributed by atoms with Gasteiger partial charge >= 0.3 is 0 Å². The topological polar surface area (TPSA) is 77.7 Å². The molecule has 1 aliphatic rings. The van der Waals surface area contributed by atoms with E-state index in [9.17, 15) is 9.18 Å². The van der Waals surface area contributed by atoms with E-state index in [-0.39, 0.29) is 24.1 Å². The number of ether oxygens (including phenoxy) is 2. The molecule has 0 aliphatic carbocycles. The predicted octanol–water partition coefficient (Wildman–Crippen LogP) is 3.41. The zero-order chi connectivity index (χ0) is 19.7. The fourth-order valence-electron chi connectivity index (χ4n) is 3.22. The largest absolute Gasteiger partial charge is 0.497 e. The summed E-state index contributed by atoms with van der Waals surface area (Å²) in [6, 6.07) is 11.2. The van der Waals surface area contributed by atoms with Crippen molar-refractivity contribution in [3.8, 4) is 22.9 Å². The van der Waals surface area contributed by atoms with Crippen LogP contribution in [0.1, 0.15) is 18.2 Å². The van der Waals surface area contributed by atoms with Crippen molar-refractivity contribution in [2.24, 2.45) is 0 Å². The minimum atomic E-state index is -0.388. The highest BCUT2D eigenvalue weighted by atomic mass is 19.1. The monoisotopic (exact) mass is 383 g/mol. The van der Waals surface area contributed by atoms with Crippen LogP contribution in [0.2, 0.25) is 0 Å². The van der Waals surface area contributed by atoms with E-state index in [1.54, 1.807) is 44.6 Å². The number of carbonyl (C=O) groups excluding carboxylic acids is 1. The van der Waals surface area contributed by atoms with Gasteiger partial charge < -0.3 is 18.9 Å². The second kappa shape index (κ2) is 7.30. The maximum Gasteiger partial charge on any atom is 0.232 e. The Hall–Kier alpha value is -3.42. The van der Waals surface area contributed by atoms with Gasteiger partial charge in [-0.2, -0.15) is 4.98 Å². The molecule has 1 atom stereocenters. The summed E-state index contributed by atoms with van der Waals surface area (Å²) < 4.78 is 29.4. The van der Waals surface area contributed by atoms with Gasteiger partial charge in [0.1, 0.15) is 17.3 Å². The Balaban J connectivity index is 1.58. The van der Waals surface area contributed by atoms with Crippen LogP contribution in [0.25, 0.3) is 11.4 Å². The summed E-state index contributed by atoms with van der Waals surface area (Å²) >= 11 is 0. The van der Waals surface area contributed by atoms with Gasteiger partial charge in [0.15, 0.2) is 0 Å². The molecular weight excluding hydrogens is 365 g/mol. The van der Waals surface area contributed by atoms with Gasteiger partial charge in [-0.05, 0) is 30.3 Å². The van der Waals surface area contributed by atoms with E-state index in [0.717, 1.165) is 0 Å². The first-order valence-electron chi connectivity index (χ1n) is 8.70. The third kappa shape index (κ3) is 3.40. The van der Waals surface area contributed by atoms with E-state index in [1.165, 1.54) is 17.0 Å². The Kier molecular flexibility index (Phi) is 4.68. The van der Waals surface area contributed by atoms with Crippen LogP contribution in [-0.4, -0.2) is 36.8 Å². The lowest BCUT2D eigenvalue weighted by atomic mass is 10.1. The maximum absolute atomic E-state index is 13.5. The summed E-state index contributed by atoms with van der Waals surface area (Å²) in [7, 11) is 3.12. The number of hydrogen-bond acceptors (Lipinski definition) is 6. The van der Waals surface area contributed by atoms with Crippen molar-refractivity contribution in [1.29, 1.82) is 0 Å². The fraction of sp³-hybridized carbons (Fsp3) is 0.250. The Morgan fingerprint density at radius 1 is 1.14 bits per heavy atom. The molecule has 1 aromatic heterocycles. The normalized spacial score (nSPS) is 16.5. The molecule has 2 heterocycles. The van der Waals surface area contributed by atoms with Crippen LogP contribution in [0.5, 0.6) is 11.5 Å². The number of carbonyl (C=O) groups is 1. The summed E-state index contributed by atoms with van der Waals surface area (Å²) in [6.45, 7) is 0.353. The lowest BCUT2D eigenvalue weighted by molar-refractivity contribution is -0.117. The standard InChI is InChI=1S/C20H18FN3O4/c1-26-16-6-12(7-17(10-16)27-2)19-22-20(28-23-19)13-8-18(25)24(11-13)15-5-3-4-14(21)9-15/h3-7,9-10,13H,8,11H2,1-2H3. The van der Waals surface area contributed by atoms with Gasteiger partial charge in [0, 0.05) is 30.3 Å². The van der Waals surface area contributed by atoms with Crippen LogP contribution in [-0.2, 0) is 4.79 Å². The molecule has 0 spiro atoms.